The molecule has 0 aliphatic rings. The highest BCUT2D eigenvalue weighted by atomic mass is 79.9. The molecule has 1 N–H and O–H groups in total. The van der Waals surface area contributed by atoms with Gasteiger partial charge in [-0.25, -0.2) is 13.8 Å². The van der Waals surface area contributed by atoms with Crippen LogP contribution in [0.4, 0.5) is 14.6 Å². The number of fused-ring (bicyclic) bond motifs is 1. The molecule has 1 aromatic heterocycles. The standard InChI is InChI=1S/C14H15BrF2N2/c1-14(2,3)8-5-7-11(17)9(15)6-10(16)12(7)19-13(8)18-4/h5-6H,1-4H3,(H,18,19). The van der Waals surface area contributed by atoms with Gasteiger partial charge in [0.1, 0.15) is 17.2 Å². The Kier molecular flexibility index (Phi) is 3.51. The first kappa shape index (κ1) is 14.2. The number of hydrogen-bond donors (Lipinski definition) is 1. The van der Waals surface area contributed by atoms with Crippen molar-refractivity contribution in [2.45, 2.75) is 26.2 Å². The highest BCUT2D eigenvalue weighted by Crippen LogP contribution is 2.34. The SMILES string of the molecule is CNc1nc2c(F)cc(Br)c(F)c2cc1C(C)(C)C. The maximum absolute atomic E-state index is 14.1. The third-order valence-electron chi connectivity index (χ3n) is 2.99. The Balaban J connectivity index is 2.90. The molecule has 5 heteroatoms. The van der Waals surface area contributed by atoms with Crippen LogP contribution in [0.1, 0.15) is 26.3 Å². The molecular weight excluding hydrogens is 314 g/mol. The van der Waals surface area contributed by atoms with Gasteiger partial charge in [-0.2, -0.15) is 0 Å². The maximum Gasteiger partial charge on any atom is 0.150 e. The van der Waals surface area contributed by atoms with Crippen LogP contribution in [0.5, 0.6) is 0 Å². The molecule has 102 valence electrons. The molecule has 0 amide bonds. The van der Waals surface area contributed by atoms with Crippen LogP contribution in [0.2, 0.25) is 0 Å². The number of halogens is 3. The predicted octanol–water partition coefficient (Wildman–Crippen LogP) is 4.61. The lowest BCUT2D eigenvalue weighted by molar-refractivity contribution is 0.586. The van der Waals surface area contributed by atoms with E-state index >= 15 is 0 Å². The lowest BCUT2D eigenvalue weighted by Gasteiger charge is -2.22. The summed E-state index contributed by atoms with van der Waals surface area (Å²) in [6, 6.07) is 2.76. The molecule has 2 rings (SSSR count). The summed E-state index contributed by atoms with van der Waals surface area (Å²) < 4.78 is 28.1. The molecule has 0 spiro atoms. The molecule has 2 aromatic rings. The fraction of sp³-hybridized carbons (Fsp3) is 0.357. The van der Waals surface area contributed by atoms with Gasteiger partial charge in [-0.3, -0.25) is 0 Å². The first-order chi connectivity index (χ1) is 8.75. The molecule has 0 aliphatic carbocycles. The zero-order valence-corrected chi connectivity index (χ0v) is 12.8. The van der Waals surface area contributed by atoms with E-state index < -0.39 is 11.6 Å². The zero-order valence-electron chi connectivity index (χ0n) is 11.2. The Labute approximate surface area is 119 Å². The highest BCUT2D eigenvalue weighted by molar-refractivity contribution is 9.10. The number of benzene rings is 1. The van der Waals surface area contributed by atoms with Crippen LogP contribution in [0.3, 0.4) is 0 Å². The Morgan fingerprint density at radius 1 is 1.21 bits per heavy atom. The summed E-state index contributed by atoms with van der Waals surface area (Å²) in [7, 11) is 1.72. The van der Waals surface area contributed by atoms with Gasteiger partial charge in [0.05, 0.1) is 4.47 Å². The van der Waals surface area contributed by atoms with E-state index in [1.807, 2.05) is 20.8 Å². The molecule has 0 radical (unpaired) electrons. The Morgan fingerprint density at radius 2 is 1.84 bits per heavy atom. The van der Waals surface area contributed by atoms with E-state index in [4.69, 9.17) is 0 Å². The van der Waals surface area contributed by atoms with Gasteiger partial charge in [0.15, 0.2) is 5.82 Å². The summed E-state index contributed by atoms with van der Waals surface area (Å²) >= 11 is 3.02. The summed E-state index contributed by atoms with van der Waals surface area (Å²) in [6.07, 6.45) is 0. The van der Waals surface area contributed by atoms with Crippen LogP contribution < -0.4 is 5.32 Å². The molecule has 0 aliphatic heterocycles. The molecule has 0 fully saturated rings. The minimum absolute atomic E-state index is 0.0399. The zero-order chi connectivity index (χ0) is 14.4. The monoisotopic (exact) mass is 328 g/mol. The third-order valence-corrected chi connectivity index (χ3v) is 3.57. The van der Waals surface area contributed by atoms with Gasteiger partial charge >= 0.3 is 0 Å². The fourth-order valence-corrected chi connectivity index (χ4v) is 2.41. The van der Waals surface area contributed by atoms with Gasteiger partial charge in [-0.1, -0.05) is 20.8 Å². The quantitative estimate of drug-likeness (QED) is 0.773. The van der Waals surface area contributed by atoms with E-state index in [1.54, 1.807) is 13.1 Å². The van der Waals surface area contributed by atoms with Crippen molar-refractivity contribution in [1.29, 1.82) is 0 Å². The van der Waals surface area contributed by atoms with Crippen molar-refractivity contribution in [3.8, 4) is 0 Å². The van der Waals surface area contributed by atoms with Gasteiger partial charge in [-0.15, -0.1) is 0 Å². The number of nitrogens with zero attached hydrogens (tertiary/aromatic N) is 1. The van der Waals surface area contributed by atoms with Crippen molar-refractivity contribution in [3.63, 3.8) is 0 Å². The van der Waals surface area contributed by atoms with Crippen LogP contribution in [-0.2, 0) is 5.41 Å². The Hall–Kier alpha value is -1.23. The summed E-state index contributed by atoms with van der Waals surface area (Å²) in [6.45, 7) is 6.01. The molecule has 0 bridgehead atoms. The second-order valence-corrected chi connectivity index (χ2v) is 6.29. The van der Waals surface area contributed by atoms with Crippen LogP contribution >= 0.6 is 15.9 Å². The second kappa shape index (κ2) is 4.71. The molecule has 0 atom stereocenters. The molecule has 1 heterocycles. The van der Waals surface area contributed by atoms with Crippen LogP contribution in [0, 0.1) is 11.6 Å². The lowest BCUT2D eigenvalue weighted by atomic mass is 9.86. The number of anilines is 1. The largest absolute Gasteiger partial charge is 0.373 e. The predicted molar refractivity (Wildman–Crippen MR) is 77.6 cm³/mol. The summed E-state index contributed by atoms with van der Waals surface area (Å²) in [5.74, 6) is -0.460. The normalized spacial score (nSPS) is 11.9. The van der Waals surface area contributed by atoms with Gasteiger partial charge in [-0.05, 0) is 33.5 Å². The molecule has 0 saturated carbocycles. The van der Waals surface area contributed by atoms with E-state index in [1.165, 1.54) is 0 Å². The molecular formula is C14H15BrF2N2. The summed E-state index contributed by atoms with van der Waals surface area (Å²) in [5, 5.41) is 3.13. The van der Waals surface area contributed by atoms with Crippen LogP contribution in [0.15, 0.2) is 16.6 Å². The maximum atomic E-state index is 14.1. The highest BCUT2D eigenvalue weighted by Gasteiger charge is 2.22. The van der Waals surface area contributed by atoms with E-state index in [9.17, 15) is 8.78 Å². The molecule has 2 nitrogen and oxygen atoms in total. The number of nitrogens with one attached hydrogen (secondary N) is 1. The van der Waals surface area contributed by atoms with E-state index in [2.05, 4.69) is 26.2 Å². The molecule has 1 aromatic carbocycles. The van der Waals surface area contributed by atoms with Gasteiger partial charge in [0, 0.05) is 18.0 Å². The third kappa shape index (κ3) is 2.43. The number of aromatic nitrogens is 1. The minimum Gasteiger partial charge on any atom is -0.373 e. The van der Waals surface area contributed by atoms with E-state index in [0.717, 1.165) is 11.6 Å². The number of pyridine rings is 1. The van der Waals surface area contributed by atoms with Gasteiger partial charge in [0.2, 0.25) is 0 Å². The smallest absolute Gasteiger partial charge is 0.150 e. The second-order valence-electron chi connectivity index (χ2n) is 5.43. The van der Waals surface area contributed by atoms with Crippen LogP contribution in [0.25, 0.3) is 10.9 Å². The fourth-order valence-electron chi connectivity index (χ4n) is 2.00. The summed E-state index contributed by atoms with van der Waals surface area (Å²) in [4.78, 5) is 4.21. The Bertz CT molecular complexity index is 648. The van der Waals surface area contributed by atoms with Crippen molar-refractivity contribution in [2.75, 3.05) is 12.4 Å². The first-order valence-electron chi connectivity index (χ1n) is 5.92. The van der Waals surface area contributed by atoms with Crippen molar-refractivity contribution in [2.24, 2.45) is 0 Å². The number of hydrogen-bond acceptors (Lipinski definition) is 2. The van der Waals surface area contributed by atoms with Gasteiger partial charge in [0.25, 0.3) is 0 Å². The topological polar surface area (TPSA) is 24.9 Å². The molecule has 0 saturated heterocycles. The van der Waals surface area contributed by atoms with E-state index in [0.29, 0.717) is 5.82 Å². The summed E-state index contributed by atoms with van der Waals surface area (Å²) in [5.41, 5.74) is 0.669. The first-order valence-corrected chi connectivity index (χ1v) is 6.71. The number of rotatable bonds is 1. The lowest BCUT2D eigenvalue weighted by Crippen LogP contribution is -2.15. The van der Waals surface area contributed by atoms with Crippen molar-refractivity contribution in [3.05, 3.63) is 33.8 Å². The average Bonchev–Trinajstić information content (AvgIpc) is 2.33. The average molecular weight is 329 g/mol. The molecule has 0 unspecified atom stereocenters. The van der Waals surface area contributed by atoms with Crippen molar-refractivity contribution < 1.29 is 8.78 Å². The minimum atomic E-state index is -0.541. The van der Waals surface area contributed by atoms with E-state index in [-0.39, 0.29) is 20.8 Å². The van der Waals surface area contributed by atoms with Crippen molar-refractivity contribution >= 4 is 32.7 Å². The van der Waals surface area contributed by atoms with Crippen LogP contribution in [-0.4, -0.2) is 12.0 Å². The Morgan fingerprint density at radius 3 is 2.37 bits per heavy atom. The van der Waals surface area contributed by atoms with Crippen molar-refractivity contribution in [1.82, 2.24) is 4.98 Å². The van der Waals surface area contributed by atoms with Gasteiger partial charge < -0.3 is 5.32 Å². The molecule has 19 heavy (non-hydrogen) atoms.